The third kappa shape index (κ3) is 4.66. The average Bonchev–Trinajstić information content (AvgIpc) is 3.45. The Morgan fingerprint density at radius 3 is 2.74 bits per heavy atom. The number of carbonyl (C=O) groups excluding carboxylic acids is 2. The van der Waals surface area contributed by atoms with Crippen LogP contribution in [0, 0.1) is 0 Å². The molecule has 1 aromatic heterocycles. The molecule has 2 aromatic rings. The molecule has 1 aromatic carbocycles. The van der Waals surface area contributed by atoms with Gasteiger partial charge in [-0.05, 0) is 49.9 Å². The minimum Gasteiger partial charge on any atom is -0.454 e. The van der Waals surface area contributed by atoms with Crippen molar-refractivity contribution in [2.45, 2.75) is 38.8 Å². The molecule has 31 heavy (non-hydrogen) atoms. The number of carbonyl (C=O) groups is 2. The number of benzene rings is 1. The highest BCUT2D eigenvalue weighted by molar-refractivity contribution is 7.12. The molecular weight excluding hydrogens is 416 g/mol. The van der Waals surface area contributed by atoms with E-state index in [1.165, 1.54) is 9.91 Å². The number of hydrogen-bond acceptors (Lipinski definition) is 6. The fraction of sp³-hybridized carbons (Fsp3) is 0.409. The Labute approximate surface area is 185 Å². The van der Waals surface area contributed by atoms with E-state index in [1.807, 2.05) is 56.5 Å². The summed E-state index contributed by atoms with van der Waals surface area (Å²) in [5, 5.41) is 11.0. The Hall–Kier alpha value is -3.07. The van der Waals surface area contributed by atoms with E-state index in [0.717, 1.165) is 16.2 Å². The van der Waals surface area contributed by atoms with Gasteiger partial charge in [-0.3, -0.25) is 4.79 Å². The van der Waals surface area contributed by atoms with E-state index in [1.54, 1.807) is 18.4 Å². The minimum atomic E-state index is -0.387. The van der Waals surface area contributed by atoms with E-state index in [-0.39, 0.29) is 36.9 Å². The van der Waals surface area contributed by atoms with E-state index in [4.69, 9.17) is 9.47 Å². The van der Waals surface area contributed by atoms with E-state index in [0.29, 0.717) is 17.9 Å². The number of likely N-dealkylation sites (N-methyl/N-ethyl adjacent to an activating group) is 1. The quantitative estimate of drug-likeness (QED) is 0.784. The number of ether oxygens (including phenoxy) is 2. The molecule has 0 unspecified atom stereocenters. The molecule has 0 saturated heterocycles. The number of amides is 3. The highest BCUT2D eigenvalue weighted by Gasteiger charge is 2.35. The summed E-state index contributed by atoms with van der Waals surface area (Å²) in [6, 6.07) is 9.06. The van der Waals surface area contributed by atoms with Gasteiger partial charge in [-0.1, -0.05) is 12.1 Å². The lowest BCUT2D eigenvalue weighted by Crippen LogP contribution is -2.49. The molecule has 0 spiro atoms. The molecule has 0 radical (unpaired) electrons. The number of nitrogens with one attached hydrogen (secondary N) is 1. The summed E-state index contributed by atoms with van der Waals surface area (Å²) in [6.07, 6.45) is 0.587. The normalized spacial score (nSPS) is 17.5. The fourth-order valence-corrected chi connectivity index (χ4v) is 4.20. The molecule has 1 atom stereocenters. The molecule has 0 saturated carbocycles. The largest absolute Gasteiger partial charge is 0.454 e. The van der Waals surface area contributed by atoms with Gasteiger partial charge in [0.25, 0.3) is 5.91 Å². The van der Waals surface area contributed by atoms with E-state index in [9.17, 15) is 9.59 Å². The lowest BCUT2D eigenvalue weighted by atomic mass is 10.0. The molecule has 9 heteroatoms. The van der Waals surface area contributed by atoms with Gasteiger partial charge in [0.2, 0.25) is 6.79 Å². The molecule has 1 N–H and O–H groups in total. The molecule has 4 rings (SSSR count). The highest BCUT2D eigenvalue weighted by atomic mass is 32.1. The Balaban J connectivity index is 1.56. The van der Waals surface area contributed by atoms with Gasteiger partial charge in [0.05, 0.1) is 16.6 Å². The van der Waals surface area contributed by atoms with Crippen LogP contribution in [-0.2, 0) is 4.79 Å². The van der Waals surface area contributed by atoms with Crippen molar-refractivity contribution in [3.05, 3.63) is 46.2 Å². The van der Waals surface area contributed by atoms with Crippen LogP contribution in [0.2, 0.25) is 0 Å². The van der Waals surface area contributed by atoms with Crippen LogP contribution < -0.4 is 14.8 Å². The highest BCUT2D eigenvalue weighted by Crippen LogP contribution is 2.39. The van der Waals surface area contributed by atoms with Crippen molar-refractivity contribution in [1.82, 2.24) is 15.2 Å². The first kappa shape index (κ1) is 21.2. The van der Waals surface area contributed by atoms with Gasteiger partial charge in [-0.2, -0.15) is 5.10 Å². The summed E-state index contributed by atoms with van der Waals surface area (Å²) in [4.78, 5) is 28.0. The fourth-order valence-electron chi connectivity index (χ4n) is 3.48. The van der Waals surface area contributed by atoms with Crippen LogP contribution in [-0.4, -0.2) is 53.5 Å². The predicted octanol–water partition coefficient (Wildman–Crippen LogP) is 3.59. The lowest BCUT2D eigenvalue weighted by Gasteiger charge is -2.28. The standard InChI is InChI=1S/C22H26N4O4S/c1-22(2,3)23-21(28)25(4)12-20(27)26-16(11-15(24-26)19-6-5-9-31-19)14-7-8-17-18(10-14)30-13-29-17/h5-10,16H,11-13H2,1-4H3,(H,23,28)/t16-/m0/s1. The van der Waals surface area contributed by atoms with Crippen molar-refractivity contribution in [3.63, 3.8) is 0 Å². The first-order valence-electron chi connectivity index (χ1n) is 10.1. The lowest BCUT2D eigenvalue weighted by molar-refractivity contribution is -0.133. The third-order valence-corrected chi connectivity index (χ3v) is 5.87. The summed E-state index contributed by atoms with van der Waals surface area (Å²) < 4.78 is 10.9. The van der Waals surface area contributed by atoms with Gasteiger partial charge in [0.15, 0.2) is 11.5 Å². The molecule has 3 heterocycles. The molecule has 164 valence electrons. The molecule has 2 aliphatic heterocycles. The maximum atomic E-state index is 13.2. The Morgan fingerprint density at radius 1 is 1.26 bits per heavy atom. The van der Waals surface area contributed by atoms with Crippen molar-refractivity contribution < 1.29 is 19.1 Å². The summed E-state index contributed by atoms with van der Waals surface area (Å²) in [5.41, 5.74) is 1.38. The zero-order valence-corrected chi connectivity index (χ0v) is 18.9. The molecule has 0 aliphatic carbocycles. The molecule has 0 fully saturated rings. The first-order valence-corrected chi connectivity index (χ1v) is 11.0. The zero-order valence-electron chi connectivity index (χ0n) is 18.0. The van der Waals surface area contributed by atoms with Crippen molar-refractivity contribution in [2.75, 3.05) is 20.4 Å². The smallest absolute Gasteiger partial charge is 0.318 e. The van der Waals surface area contributed by atoms with Crippen molar-refractivity contribution in [3.8, 4) is 11.5 Å². The summed E-state index contributed by atoms with van der Waals surface area (Å²) >= 11 is 1.59. The van der Waals surface area contributed by atoms with Crippen LogP contribution in [0.3, 0.4) is 0 Å². The molecule has 2 aliphatic rings. The number of hydrazone groups is 1. The van der Waals surface area contributed by atoms with Crippen LogP contribution in [0.25, 0.3) is 0 Å². The van der Waals surface area contributed by atoms with Gasteiger partial charge in [0, 0.05) is 19.0 Å². The zero-order chi connectivity index (χ0) is 22.2. The van der Waals surface area contributed by atoms with Crippen LogP contribution >= 0.6 is 11.3 Å². The molecule has 3 amide bonds. The number of thiophene rings is 1. The van der Waals surface area contributed by atoms with Crippen LogP contribution in [0.1, 0.15) is 43.7 Å². The maximum absolute atomic E-state index is 13.2. The van der Waals surface area contributed by atoms with Gasteiger partial charge in [-0.15, -0.1) is 11.3 Å². The number of rotatable bonds is 4. The van der Waals surface area contributed by atoms with Crippen LogP contribution in [0.4, 0.5) is 4.79 Å². The van der Waals surface area contributed by atoms with E-state index < -0.39 is 0 Å². The van der Waals surface area contributed by atoms with Gasteiger partial charge in [0.1, 0.15) is 6.54 Å². The number of hydrogen-bond donors (Lipinski definition) is 1. The summed E-state index contributed by atoms with van der Waals surface area (Å²) in [7, 11) is 1.61. The van der Waals surface area contributed by atoms with Gasteiger partial charge >= 0.3 is 6.03 Å². The van der Waals surface area contributed by atoms with E-state index in [2.05, 4.69) is 10.4 Å². The maximum Gasteiger partial charge on any atom is 0.318 e. The van der Waals surface area contributed by atoms with Crippen molar-refractivity contribution in [2.24, 2.45) is 5.10 Å². The Morgan fingerprint density at radius 2 is 2.03 bits per heavy atom. The monoisotopic (exact) mass is 442 g/mol. The van der Waals surface area contributed by atoms with Crippen LogP contribution in [0.15, 0.2) is 40.8 Å². The SMILES string of the molecule is CN(CC(=O)N1N=C(c2cccs2)C[C@H]1c1ccc2c(c1)OCO2)C(=O)NC(C)(C)C. The number of fused-ring (bicyclic) bond motifs is 1. The average molecular weight is 443 g/mol. The Kier molecular flexibility index (Phi) is 5.62. The van der Waals surface area contributed by atoms with E-state index >= 15 is 0 Å². The molecule has 8 nitrogen and oxygen atoms in total. The molecule has 0 bridgehead atoms. The van der Waals surface area contributed by atoms with Gasteiger partial charge in [-0.25, -0.2) is 9.80 Å². The second-order valence-corrected chi connectivity index (χ2v) is 9.58. The number of urea groups is 1. The second-order valence-electron chi connectivity index (χ2n) is 8.63. The number of nitrogens with zero attached hydrogens (tertiary/aromatic N) is 3. The van der Waals surface area contributed by atoms with Gasteiger partial charge < -0.3 is 19.7 Å². The predicted molar refractivity (Wildman–Crippen MR) is 119 cm³/mol. The third-order valence-electron chi connectivity index (χ3n) is 4.95. The second kappa shape index (κ2) is 8.22. The topological polar surface area (TPSA) is 83.5 Å². The first-order chi connectivity index (χ1) is 14.7. The van der Waals surface area contributed by atoms with Crippen molar-refractivity contribution >= 4 is 29.0 Å². The van der Waals surface area contributed by atoms with Crippen LogP contribution in [0.5, 0.6) is 11.5 Å². The summed E-state index contributed by atoms with van der Waals surface area (Å²) in [6.45, 7) is 5.80. The summed E-state index contributed by atoms with van der Waals surface area (Å²) in [5.74, 6) is 1.11. The molecular formula is C22H26N4O4S. The van der Waals surface area contributed by atoms with Crippen molar-refractivity contribution in [1.29, 1.82) is 0 Å². The minimum absolute atomic E-state index is 0.0792. The Bertz CT molecular complexity index is 1010.